The third kappa shape index (κ3) is 3.50. The van der Waals surface area contributed by atoms with Crippen molar-refractivity contribution in [1.82, 2.24) is 0 Å². The van der Waals surface area contributed by atoms with E-state index in [2.05, 4.69) is 21.2 Å². The lowest BCUT2D eigenvalue weighted by atomic mass is 10.1. The molecule has 0 saturated heterocycles. The molecule has 0 atom stereocenters. The first-order valence-corrected chi connectivity index (χ1v) is 6.52. The average Bonchev–Trinajstić information content (AvgIpc) is 2.38. The summed E-state index contributed by atoms with van der Waals surface area (Å²) in [5.41, 5.74) is 0.317. The fraction of sp³-hybridized carbons (Fsp3) is 0.143. The third-order valence-corrected chi connectivity index (χ3v) is 3.17. The number of halogens is 5. The standard InChI is InChI=1S/C14H10BrF4N/c15-10-5-11(16)13(12(17)6-10)20-7-8-1-3-9(4-2-8)14(18)19/h1-6,14,20H,7H2. The number of hydrogen-bond donors (Lipinski definition) is 1. The van der Waals surface area contributed by atoms with E-state index < -0.39 is 18.1 Å². The van der Waals surface area contributed by atoms with E-state index in [4.69, 9.17) is 0 Å². The lowest BCUT2D eigenvalue weighted by Crippen LogP contribution is -2.04. The van der Waals surface area contributed by atoms with E-state index in [-0.39, 0.29) is 17.8 Å². The molecule has 0 aliphatic rings. The SMILES string of the molecule is Fc1cc(Br)cc(F)c1NCc1ccc(C(F)F)cc1. The Kier molecular flexibility index (Phi) is 4.65. The highest BCUT2D eigenvalue weighted by molar-refractivity contribution is 9.10. The minimum absolute atomic E-state index is 0.0882. The summed E-state index contributed by atoms with van der Waals surface area (Å²) >= 11 is 2.99. The Labute approximate surface area is 121 Å². The molecule has 0 radical (unpaired) electrons. The lowest BCUT2D eigenvalue weighted by Gasteiger charge is -2.10. The van der Waals surface area contributed by atoms with Gasteiger partial charge >= 0.3 is 0 Å². The quantitative estimate of drug-likeness (QED) is 0.742. The summed E-state index contributed by atoms with van der Waals surface area (Å²) in [7, 11) is 0. The van der Waals surface area contributed by atoms with Crippen LogP contribution in [0.2, 0.25) is 0 Å². The van der Waals surface area contributed by atoms with E-state index in [1.54, 1.807) is 0 Å². The molecule has 0 unspecified atom stereocenters. The zero-order valence-corrected chi connectivity index (χ0v) is 11.7. The second-order valence-electron chi connectivity index (χ2n) is 4.14. The van der Waals surface area contributed by atoms with Crippen LogP contribution >= 0.6 is 15.9 Å². The van der Waals surface area contributed by atoms with Gasteiger partial charge < -0.3 is 5.32 Å². The number of benzene rings is 2. The Morgan fingerprint density at radius 3 is 2.05 bits per heavy atom. The molecule has 2 rings (SSSR count). The van der Waals surface area contributed by atoms with Crippen molar-refractivity contribution in [3.8, 4) is 0 Å². The van der Waals surface area contributed by atoms with Gasteiger partial charge in [-0.1, -0.05) is 40.2 Å². The number of alkyl halides is 2. The highest BCUT2D eigenvalue weighted by Crippen LogP contribution is 2.24. The van der Waals surface area contributed by atoms with Crippen LogP contribution in [-0.4, -0.2) is 0 Å². The van der Waals surface area contributed by atoms with Crippen LogP contribution < -0.4 is 5.32 Å². The van der Waals surface area contributed by atoms with Crippen LogP contribution in [0, 0.1) is 11.6 Å². The molecule has 0 heterocycles. The van der Waals surface area contributed by atoms with E-state index in [0.717, 1.165) is 12.1 Å². The molecule has 0 fully saturated rings. The Balaban J connectivity index is 2.09. The highest BCUT2D eigenvalue weighted by atomic mass is 79.9. The maximum atomic E-state index is 13.6. The van der Waals surface area contributed by atoms with Gasteiger partial charge in [-0.05, 0) is 17.7 Å². The van der Waals surface area contributed by atoms with Gasteiger partial charge in [0.2, 0.25) is 0 Å². The molecule has 1 N–H and O–H groups in total. The molecule has 6 heteroatoms. The van der Waals surface area contributed by atoms with E-state index in [1.165, 1.54) is 24.3 Å². The van der Waals surface area contributed by atoms with Crippen LogP contribution in [0.5, 0.6) is 0 Å². The van der Waals surface area contributed by atoms with Gasteiger partial charge in [-0.25, -0.2) is 17.6 Å². The number of rotatable bonds is 4. The number of nitrogens with one attached hydrogen (secondary N) is 1. The molecular weight excluding hydrogens is 338 g/mol. The van der Waals surface area contributed by atoms with E-state index in [1.807, 2.05) is 0 Å². The molecule has 0 bridgehead atoms. The zero-order valence-electron chi connectivity index (χ0n) is 10.1. The van der Waals surface area contributed by atoms with Crippen molar-refractivity contribution in [2.24, 2.45) is 0 Å². The van der Waals surface area contributed by atoms with Gasteiger partial charge in [0.25, 0.3) is 6.43 Å². The van der Waals surface area contributed by atoms with E-state index in [0.29, 0.717) is 10.0 Å². The first-order valence-electron chi connectivity index (χ1n) is 5.73. The van der Waals surface area contributed by atoms with Crippen molar-refractivity contribution in [3.63, 3.8) is 0 Å². The van der Waals surface area contributed by atoms with Crippen LogP contribution in [0.3, 0.4) is 0 Å². The monoisotopic (exact) mass is 347 g/mol. The number of hydrogen-bond acceptors (Lipinski definition) is 1. The van der Waals surface area contributed by atoms with Gasteiger partial charge in [0.15, 0.2) is 0 Å². The molecule has 0 aliphatic heterocycles. The molecule has 0 aromatic heterocycles. The predicted octanol–water partition coefficient (Wildman–Crippen LogP) is 5.28. The van der Waals surface area contributed by atoms with Gasteiger partial charge in [0.05, 0.1) is 0 Å². The van der Waals surface area contributed by atoms with Crippen LogP contribution in [0.4, 0.5) is 23.2 Å². The molecule has 0 spiro atoms. The summed E-state index contributed by atoms with van der Waals surface area (Å²) in [6.07, 6.45) is -2.53. The third-order valence-electron chi connectivity index (χ3n) is 2.71. The Morgan fingerprint density at radius 1 is 1.00 bits per heavy atom. The maximum absolute atomic E-state index is 13.6. The summed E-state index contributed by atoms with van der Waals surface area (Å²) in [6.45, 7) is 0.138. The highest BCUT2D eigenvalue weighted by Gasteiger charge is 2.10. The molecule has 2 aromatic carbocycles. The average molecular weight is 348 g/mol. The second kappa shape index (κ2) is 6.26. The van der Waals surface area contributed by atoms with Gasteiger partial charge in [-0.15, -0.1) is 0 Å². The molecule has 1 nitrogen and oxygen atoms in total. The van der Waals surface area contributed by atoms with E-state index in [9.17, 15) is 17.6 Å². The molecular formula is C14H10BrF4N. The molecule has 0 saturated carbocycles. The van der Waals surface area contributed by atoms with Crippen molar-refractivity contribution in [2.75, 3.05) is 5.32 Å². The van der Waals surface area contributed by atoms with Crippen LogP contribution in [0.15, 0.2) is 40.9 Å². The molecule has 106 valence electrons. The molecule has 2 aromatic rings. The fourth-order valence-electron chi connectivity index (χ4n) is 1.68. The zero-order chi connectivity index (χ0) is 14.7. The molecule has 0 amide bonds. The Bertz CT molecular complexity index is 576. The lowest BCUT2D eigenvalue weighted by molar-refractivity contribution is 0.151. The van der Waals surface area contributed by atoms with Crippen LogP contribution in [0.25, 0.3) is 0 Å². The van der Waals surface area contributed by atoms with Crippen molar-refractivity contribution >= 4 is 21.6 Å². The van der Waals surface area contributed by atoms with Crippen molar-refractivity contribution in [1.29, 1.82) is 0 Å². The van der Waals surface area contributed by atoms with E-state index >= 15 is 0 Å². The van der Waals surface area contributed by atoms with Crippen molar-refractivity contribution in [3.05, 3.63) is 63.6 Å². The first kappa shape index (κ1) is 14.8. The van der Waals surface area contributed by atoms with Crippen molar-refractivity contribution < 1.29 is 17.6 Å². The van der Waals surface area contributed by atoms with Gasteiger partial charge in [-0.3, -0.25) is 0 Å². The summed E-state index contributed by atoms with van der Waals surface area (Å²) in [5.74, 6) is -1.44. The predicted molar refractivity (Wildman–Crippen MR) is 72.8 cm³/mol. The Morgan fingerprint density at radius 2 is 1.55 bits per heavy atom. The van der Waals surface area contributed by atoms with Gasteiger partial charge in [0, 0.05) is 16.6 Å². The minimum Gasteiger partial charge on any atom is -0.376 e. The maximum Gasteiger partial charge on any atom is 0.263 e. The van der Waals surface area contributed by atoms with Gasteiger partial charge in [-0.2, -0.15) is 0 Å². The normalized spacial score (nSPS) is 10.9. The van der Waals surface area contributed by atoms with Crippen molar-refractivity contribution in [2.45, 2.75) is 13.0 Å². The largest absolute Gasteiger partial charge is 0.376 e. The first-order chi connectivity index (χ1) is 9.47. The van der Waals surface area contributed by atoms with Crippen LogP contribution in [0.1, 0.15) is 17.6 Å². The summed E-state index contributed by atoms with van der Waals surface area (Å²) in [4.78, 5) is 0. The smallest absolute Gasteiger partial charge is 0.263 e. The topological polar surface area (TPSA) is 12.0 Å². The summed E-state index contributed by atoms with van der Waals surface area (Å²) < 4.78 is 52.2. The minimum atomic E-state index is -2.53. The number of anilines is 1. The summed E-state index contributed by atoms with van der Waals surface area (Å²) in [5, 5.41) is 2.62. The molecule has 0 aliphatic carbocycles. The van der Waals surface area contributed by atoms with Gasteiger partial charge in [0.1, 0.15) is 17.3 Å². The summed E-state index contributed by atoms with van der Waals surface area (Å²) in [6, 6.07) is 7.84. The molecule has 20 heavy (non-hydrogen) atoms. The second-order valence-corrected chi connectivity index (χ2v) is 5.06. The Hall–Kier alpha value is -1.56. The van der Waals surface area contributed by atoms with Crippen LogP contribution in [-0.2, 0) is 6.54 Å². The fourth-order valence-corrected chi connectivity index (χ4v) is 2.08.